The van der Waals surface area contributed by atoms with E-state index in [2.05, 4.69) is 10.6 Å². The number of nitriles is 2. The first-order valence-electron chi connectivity index (χ1n) is 7.86. The predicted molar refractivity (Wildman–Crippen MR) is 100 cm³/mol. The number of carbonyl (C=O) groups excluding carboxylic acids is 3. The monoisotopic (exact) mass is 396 g/mol. The Kier molecular flexibility index (Phi) is 7.09. The minimum absolute atomic E-state index is 0.173. The van der Waals surface area contributed by atoms with Crippen LogP contribution in [0.3, 0.4) is 0 Å². The fourth-order valence-electron chi connectivity index (χ4n) is 2.08. The van der Waals surface area contributed by atoms with Gasteiger partial charge in [-0.2, -0.15) is 10.5 Å². The van der Waals surface area contributed by atoms with Crippen molar-refractivity contribution in [3.05, 3.63) is 58.6 Å². The van der Waals surface area contributed by atoms with Crippen LogP contribution in [-0.4, -0.2) is 24.4 Å². The highest BCUT2D eigenvalue weighted by molar-refractivity contribution is 6.31. The summed E-state index contributed by atoms with van der Waals surface area (Å²) >= 11 is 5.84. The summed E-state index contributed by atoms with van der Waals surface area (Å²) in [6.07, 6.45) is -0.279. The van der Waals surface area contributed by atoms with E-state index in [1.165, 1.54) is 42.5 Å². The van der Waals surface area contributed by atoms with E-state index in [0.717, 1.165) is 0 Å². The summed E-state index contributed by atoms with van der Waals surface area (Å²) in [5, 5.41) is 22.8. The third-order valence-electron chi connectivity index (χ3n) is 3.35. The van der Waals surface area contributed by atoms with E-state index in [1.807, 2.05) is 6.07 Å². The van der Waals surface area contributed by atoms with Crippen molar-refractivity contribution in [2.24, 2.45) is 0 Å². The van der Waals surface area contributed by atoms with E-state index in [4.69, 9.17) is 26.9 Å². The van der Waals surface area contributed by atoms with Crippen LogP contribution in [0.15, 0.2) is 42.5 Å². The molecule has 0 saturated heterocycles. The summed E-state index contributed by atoms with van der Waals surface area (Å²) in [7, 11) is 0. The first-order chi connectivity index (χ1) is 13.4. The van der Waals surface area contributed by atoms with Gasteiger partial charge in [-0.25, -0.2) is 4.79 Å². The molecular weight excluding hydrogens is 384 g/mol. The zero-order valence-electron chi connectivity index (χ0n) is 14.4. The Morgan fingerprint density at radius 1 is 1.00 bits per heavy atom. The maximum Gasteiger partial charge on any atom is 0.338 e. The minimum atomic E-state index is -0.739. The molecule has 2 rings (SSSR count). The van der Waals surface area contributed by atoms with Crippen molar-refractivity contribution in [3.8, 4) is 12.1 Å². The van der Waals surface area contributed by atoms with E-state index in [-0.39, 0.29) is 23.2 Å². The van der Waals surface area contributed by atoms with Gasteiger partial charge in [0.15, 0.2) is 6.61 Å². The lowest BCUT2D eigenvalue weighted by atomic mass is 10.2. The number of benzene rings is 2. The number of halogens is 1. The average Bonchev–Trinajstić information content (AvgIpc) is 2.67. The van der Waals surface area contributed by atoms with Crippen LogP contribution < -0.4 is 10.6 Å². The SMILES string of the molecule is N#CCC(=O)Nc1ccc(C(=O)OCC(=O)Nc2cc(Cl)ccc2C#N)cc1. The van der Waals surface area contributed by atoms with Crippen LogP contribution >= 0.6 is 11.6 Å². The fourth-order valence-corrected chi connectivity index (χ4v) is 2.26. The third kappa shape index (κ3) is 5.84. The Morgan fingerprint density at radius 3 is 2.36 bits per heavy atom. The number of carbonyl (C=O) groups is 3. The summed E-state index contributed by atoms with van der Waals surface area (Å²) in [6, 6.07) is 13.8. The molecule has 0 atom stereocenters. The van der Waals surface area contributed by atoms with Gasteiger partial charge in [0.05, 0.1) is 22.9 Å². The molecule has 0 spiro atoms. The highest BCUT2D eigenvalue weighted by atomic mass is 35.5. The van der Waals surface area contributed by atoms with Crippen LogP contribution in [0.4, 0.5) is 11.4 Å². The lowest BCUT2D eigenvalue weighted by molar-refractivity contribution is -0.119. The van der Waals surface area contributed by atoms with E-state index in [1.54, 1.807) is 6.07 Å². The van der Waals surface area contributed by atoms with Crippen molar-refractivity contribution in [2.45, 2.75) is 6.42 Å². The first kappa shape index (κ1) is 20.4. The number of amides is 2. The van der Waals surface area contributed by atoms with Crippen LogP contribution in [0.25, 0.3) is 0 Å². The molecule has 140 valence electrons. The highest BCUT2D eigenvalue weighted by Gasteiger charge is 2.12. The van der Waals surface area contributed by atoms with Gasteiger partial charge in [-0.3, -0.25) is 9.59 Å². The molecule has 2 aromatic carbocycles. The topological polar surface area (TPSA) is 132 Å². The summed E-state index contributed by atoms with van der Waals surface area (Å²) in [6.45, 7) is -0.559. The third-order valence-corrected chi connectivity index (χ3v) is 3.59. The van der Waals surface area contributed by atoms with E-state index in [0.29, 0.717) is 10.7 Å². The van der Waals surface area contributed by atoms with Crippen LogP contribution in [-0.2, 0) is 14.3 Å². The zero-order chi connectivity index (χ0) is 20.5. The molecule has 2 amide bonds. The van der Waals surface area contributed by atoms with Gasteiger partial charge in [-0.15, -0.1) is 0 Å². The number of hydrogen-bond donors (Lipinski definition) is 2. The van der Waals surface area contributed by atoms with Gasteiger partial charge >= 0.3 is 5.97 Å². The molecule has 8 nitrogen and oxygen atoms in total. The van der Waals surface area contributed by atoms with Crippen molar-refractivity contribution in [1.29, 1.82) is 10.5 Å². The second kappa shape index (κ2) is 9.72. The minimum Gasteiger partial charge on any atom is -0.452 e. The van der Waals surface area contributed by atoms with Gasteiger partial charge in [0.1, 0.15) is 12.5 Å². The maximum atomic E-state index is 12.0. The Morgan fingerprint density at radius 2 is 1.71 bits per heavy atom. The number of esters is 1. The Labute approximate surface area is 165 Å². The van der Waals surface area contributed by atoms with Crippen molar-refractivity contribution < 1.29 is 19.1 Å². The van der Waals surface area contributed by atoms with Gasteiger partial charge in [0.2, 0.25) is 5.91 Å². The molecule has 0 heterocycles. The molecule has 9 heteroatoms. The van der Waals surface area contributed by atoms with Crippen molar-refractivity contribution in [1.82, 2.24) is 0 Å². The molecule has 0 radical (unpaired) electrons. The lowest BCUT2D eigenvalue weighted by Gasteiger charge is -2.09. The average molecular weight is 397 g/mol. The van der Waals surface area contributed by atoms with Crippen LogP contribution in [0.5, 0.6) is 0 Å². The number of nitrogens with zero attached hydrogens (tertiary/aromatic N) is 2. The molecular formula is C19H13ClN4O4. The van der Waals surface area contributed by atoms with E-state index >= 15 is 0 Å². The normalized spacial score (nSPS) is 9.54. The molecule has 2 aromatic rings. The van der Waals surface area contributed by atoms with Crippen LogP contribution in [0, 0.1) is 22.7 Å². The highest BCUT2D eigenvalue weighted by Crippen LogP contribution is 2.20. The Balaban J connectivity index is 1.91. The molecule has 0 aromatic heterocycles. The molecule has 0 fully saturated rings. The largest absolute Gasteiger partial charge is 0.452 e. The summed E-state index contributed by atoms with van der Waals surface area (Å²) in [5.74, 6) is -1.84. The number of hydrogen-bond acceptors (Lipinski definition) is 6. The smallest absolute Gasteiger partial charge is 0.338 e. The molecule has 0 unspecified atom stereocenters. The van der Waals surface area contributed by atoms with E-state index < -0.39 is 24.4 Å². The second-order valence-corrected chi connectivity index (χ2v) is 5.82. The van der Waals surface area contributed by atoms with Crippen molar-refractivity contribution in [3.63, 3.8) is 0 Å². The number of anilines is 2. The molecule has 0 aliphatic heterocycles. The number of rotatable bonds is 6. The first-order valence-corrected chi connectivity index (χ1v) is 8.24. The van der Waals surface area contributed by atoms with Gasteiger partial charge < -0.3 is 15.4 Å². The van der Waals surface area contributed by atoms with Gasteiger partial charge in [0.25, 0.3) is 5.91 Å². The van der Waals surface area contributed by atoms with Gasteiger partial charge in [0, 0.05) is 10.7 Å². The summed E-state index contributed by atoms with van der Waals surface area (Å²) in [5.41, 5.74) is 1.03. The summed E-state index contributed by atoms with van der Waals surface area (Å²) < 4.78 is 4.93. The van der Waals surface area contributed by atoms with Crippen molar-refractivity contribution in [2.75, 3.05) is 17.2 Å². The number of nitrogens with one attached hydrogen (secondary N) is 2. The standard InChI is InChI=1S/C19H13ClN4O4/c20-14-4-1-13(10-22)16(9-14)24-18(26)11-28-19(27)12-2-5-15(6-3-12)23-17(25)7-8-21/h1-6,9H,7,11H2,(H,23,25)(H,24,26). The summed E-state index contributed by atoms with van der Waals surface area (Å²) in [4.78, 5) is 35.3. The predicted octanol–water partition coefficient (Wildman–Crippen LogP) is 2.86. The zero-order valence-corrected chi connectivity index (χ0v) is 15.1. The molecule has 0 saturated carbocycles. The maximum absolute atomic E-state index is 12.0. The molecule has 0 aliphatic rings. The quantitative estimate of drug-likeness (QED) is 0.721. The Hall–Kier alpha value is -3.88. The molecule has 0 bridgehead atoms. The molecule has 28 heavy (non-hydrogen) atoms. The van der Waals surface area contributed by atoms with Gasteiger partial charge in [-0.1, -0.05) is 11.6 Å². The molecule has 0 aliphatic carbocycles. The molecule has 2 N–H and O–H groups in total. The van der Waals surface area contributed by atoms with Crippen molar-refractivity contribution >= 4 is 40.8 Å². The van der Waals surface area contributed by atoms with Crippen LogP contribution in [0.1, 0.15) is 22.3 Å². The van der Waals surface area contributed by atoms with Gasteiger partial charge in [-0.05, 0) is 42.5 Å². The Bertz CT molecular complexity index is 990. The van der Waals surface area contributed by atoms with E-state index in [9.17, 15) is 14.4 Å². The number of ether oxygens (including phenoxy) is 1. The fraction of sp³-hybridized carbons (Fsp3) is 0.105. The van der Waals surface area contributed by atoms with Crippen LogP contribution in [0.2, 0.25) is 5.02 Å². The lowest BCUT2D eigenvalue weighted by Crippen LogP contribution is -2.21. The second-order valence-electron chi connectivity index (χ2n) is 5.39.